The molecular formula is C17H15F3N4O3. The molecule has 2 amide bonds. The summed E-state index contributed by atoms with van der Waals surface area (Å²) in [5.74, 6) is -0.258. The molecule has 0 unspecified atom stereocenters. The summed E-state index contributed by atoms with van der Waals surface area (Å²) in [4.78, 5) is 25.3. The molecule has 1 aromatic carbocycles. The lowest BCUT2D eigenvalue weighted by Gasteiger charge is -2.28. The van der Waals surface area contributed by atoms with Crippen molar-refractivity contribution in [2.75, 3.05) is 13.2 Å². The fourth-order valence-corrected chi connectivity index (χ4v) is 3.28. The molecule has 0 saturated carbocycles. The number of benzene rings is 1. The first kappa shape index (κ1) is 17.4. The van der Waals surface area contributed by atoms with E-state index in [-0.39, 0.29) is 19.1 Å². The van der Waals surface area contributed by atoms with Gasteiger partial charge in [-0.25, -0.2) is 4.79 Å². The molecule has 2 aliphatic heterocycles. The molecule has 1 aromatic heterocycles. The maximum Gasteiger partial charge on any atom is 0.416 e. The van der Waals surface area contributed by atoms with Gasteiger partial charge >= 0.3 is 12.3 Å². The Bertz CT molecular complexity index is 892. The molecule has 0 spiro atoms. The quantitative estimate of drug-likeness (QED) is 0.835. The number of halogens is 3. The van der Waals surface area contributed by atoms with E-state index in [0.717, 1.165) is 23.4 Å². The molecule has 2 aromatic rings. The number of aromatic nitrogens is 2. The van der Waals surface area contributed by atoms with Gasteiger partial charge in [0.2, 0.25) is 5.91 Å². The van der Waals surface area contributed by atoms with Crippen molar-refractivity contribution >= 4 is 12.0 Å². The summed E-state index contributed by atoms with van der Waals surface area (Å²) < 4.78 is 43.0. The standard InChI is InChI=1S/C17H15F3N4O3/c18-17(19,20)10-3-1-9(2-4-10)14-11-7-24(6-5-12(11)22-23-14)15(25)13-8-27-16(26)21-13/h1-4,13H,5-8H2,(H,21,26)(H,22,23)/t13-/m0/s1. The summed E-state index contributed by atoms with van der Waals surface area (Å²) in [7, 11) is 0. The molecule has 7 nitrogen and oxygen atoms in total. The number of nitrogens with zero attached hydrogens (tertiary/aromatic N) is 2. The zero-order valence-corrected chi connectivity index (χ0v) is 14.0. The van der Waals surface area contributed by atoms with Gasteiger partial charge in [-0.05, 0) is 12.1 Å². The summed E-state index contributed by atoms with van der Waals surface area (Å²) in [6, 6.07) is 4.03. The minimum atomic E-state index is -4.40. The highest BCUT2D eigenvalue weighted by molar-refractivity contribution is 5.88. The first-order valence-corrected chi connectivity index (χ1v) is 8.29. The van der Waals surface area contributed by atoms with Crippen LogP contribution in [0, 0.1) is 0 Å². The lowest BCUT2D eigenvalue weighted by molar-refractivity contribution is -0.137. The first-order chi connectivity index (χ1) is 12.8. The van der Waals surface area contributed by atoms with Gasteiger partial charge in [0.15, 0.2) is 0 Å². The Morgan fingerprint density at radius 1 is 1.26 bits per heavy atom. The van der Waals surface area contributed by atoms with Crippen LogP contribution >= 0.6 is 0 Å². The third-order valence-electron chi connectivity index (χ3n) is 4.70. The number of ether oxygens (including phenoxy) is 1. The molecule has 1 atom stereocenters. The maximum absolute atomic E-state index is 12.7. The highest BCUT2D eigenvalue weighted by atomic mass is 19.4. The van der Waals surface area contributed by atoms with E-state index < -0.39 is 23.9 Å². The third-order valence-corrected chi connectivity index (χ3v) is 4.70. The van der Waals surface area contributed by atoms with E-state index in [0.29, 0.717) is 24.2 Å². The molecule has 27 heavy (non-hydrogen) atoms. The fourth-order valence-electron chi connectivity index (χ4n) is 3.28. The molecule has 3 heterocycles. The second-order valence-corrected chi connectivity index (χ2v) is 6.41. The van der Waals surface area contributed by atoms with E-state index in [4.69, 9.17) is 4.74 Å². The second-order valence-electron chi connectivity index (χ2n) is 6.41. The zero-order valence-electron chi connectivity index (χ0n) is 14.0. The third kappa shape index (κ3) is 3.22. The second kappa shape index (κ2) is 6.29. The number of alkyl halides is 3. The van der Waals surface area contributed by atoms with Crippen LogP contribution in [0.25, 0.3) is 11.3 Å². The number of carbonyl (C=O) groups is 2. The van der Waals surface area contributed by atoms with Crippen LogP contribution in [-0.4, -0.2) is 46.3 Å². The van der Waals surface area contributed by atoms with Crippen LogP contribution in [0.5, 0.6) is 0 Å². The predicted octanol–water partition coefficient (Wildman–Crippen LogP) is 2.09. The molecule has 142 valence electrons. The lowest BCUT2D eigenvalue weighted by atomic mass is 9.99. The number of amides is 2. The van der Waals surface area contributed by atoms with Crippen LogP contribution in [-0.2, 0) is 28.7 Å². The highest BCUT2D eigenvalue weighted by Crippen LogP contribution is 2.33. The van der Waals surface area contributed by atoms with Gasteiger partial charge in [0.25, 0.3) is 0 Å². The van der Waals surface area contributed by atoms with E-state index in [2.05, 4.69) is 15.5 Å². The molecule has 1 saturated heterocycles. The number of fused-ring (bicyclic) bond motifs is 1. The summed E-state index contributed by atoms with van der Waals surface area (Å²) in [6.07, 6.45) is -4.49. The Balaban J connectivity index is 1.56. The maximum atomic E-state index is 12.7. The van der Waals surface area contributed by atoms with Crippen LogP contribution in [0.3, 0.4) is 0 Å². The molecule has 0 radical (unpaired) electrons. The van der Waals surface area contributed by atoms with Gasteiger partial charge < -0.3 is 15.0 Å². The molecular weight excluding hydrogens is 365 g/mol. The molecule has 2 N–H and O–H groups in total. The van der Waals surface area contributed by atoms with Gasteiger partial charge in [0.1, 0.15) is 12.6 Å². The van der Waals surface area contributed by atoms with Crippen molar-refractivity contribution < 1.29 is 27.5 Å². The van der Waals surface area contributed by atoms with Crippen molar-refractivity contribution in [3.8, 4) is 11.3 Å². The molecule has 0 bridgehead atoms. The number of rotatable bonds is 2. The summed E-state index contributed by atoms with van der Waals surface area (Å²) >= 11 is 0. The van der Waals surface area contributed by atoms with E-state index in [1.807, 2.05) is 0 Å². The summed E-state index contributed by atoms with van der Waals surface area (Å²) in [5.41, 5.74) is 1.93. The van der Waals surface area contributed by atoms with Crippen molar-refractivity contribution in [2.45, 2.75) is 25.2 Å². The van der Waals surface area contributed by atoms with Gasteiger partial charge in [-0.2, -0.15) is 18.3 Å². The Morgan fingerprint density at radius 3 is 2.63 bits per heavy atom. The van der Waals surface area contributed by atoms with Crippen LogP contribution < -0.4 is 5.32 Å². The van der Waals surface area contributed by atoms with Crippen LogP contribution in [0.15, 0.2) is 24.3 Å². The molecule has 10 heteroatoms. The van der Waals surface area contributed by atoms with Crippen molar-refractivity contribution in [3.05, 3.63) is 41.1 Å². The van der Waals surface area contributed by atoms with Crippen molar-refractivity contribution in [1.29, 1.82) is 0 Å². The van der Waals surface area contributed by atoms with Crippen LogP contribution in [0.1, 0.15) is 16.8 Å². The number of cyclic esters (lactones) is 1. The zero-order chi connectivity index (χ0) is 19.2. The largest absolute Gasteiger partial charge is 0.447 e. The Morgan fingerprint density at radius 2 is 2.00 bits per heavy atom. The van der Waals surface area contributed by atoms with Crippen LogP contribution in [0.2, 0.25) is 0 Å². The van der Waals surface area contributed by atoms with Crippen molar-refractivity contribution in [3.63, 3.8) is 0 Å². The lowest BCUT2D eigenvalue weighted by Crippen LogP contribution is -2.47. The van der Waals surface area contributed by atoms with Gasteiger partial charge in [-0.3, -0.25) is 9.89 Å². The van der Waals surface area contributed by atoms with E-state index in [1.165, 1.54) is 12.1 Å². The molecule has 4 rings (SSSR count). The first-order valence-electron chi connectivity index (χ1n) is 8.29. The Labute approximate surface area is 151 Å². The smallest absolute Gasteiger partial charge is 0.416 e. The monoisotopic (exact) mass is 380 g/mol. The average Bonchev–Trinajstić information content (AvgIpc) is 3.26. The number of carbonyl (C=O) groups excluding carboxylic acids is 2. The number of alkyl carbamates (subject to hydrolysis) is 1. The summed E-state index contributed by atoms with van der Waals surface area (Å²) in [5, 5.41) is 9.58. The number of hydrogen-bond acceptors (Lipinski definition) is 4. The Hall–Kier alpha value is -3.04. The topological polar surface area (TPSA) is 87.3 Å². The van der Waals surface area contributed by atoms with Gasteiger partial charge in [0.05, 0.1) is 11.3 Å². The van der Waals surface area contributed by atoms with E-state index >= 15 is 0 Å². The van der Waals surface area contributed by atoms with E-state index in [9.17, 15) is 22.8 Å². The fraction of sp³-hybridized carbons (Fsp3) is 0.353. The molecule has 0 aliphatic carbocycles. The average molecular weight is 380 g/mol. The SMILES string of the molecule is O=C1N[C@H](C(=O)N2CCc3[nH]nc(-c4ccc(C(F)(F)F)cc4)c3C2)CO1. The van der Waals surface area contributed by atoms with Gasteiger partial charge in [0, 0.05) is 36.3 Å². The predicted molar refractivity (Wildman–Crippen MR) is 86.4 cm³/mol. The van der Waals surface area contributed by atoms with Gasteiger partial charge in [-0.1, -0.05) is 12.1 Å². The number of H-pyrrole nitrogens is 1. The van der Waals surface area contributed by atoms with Gasteiger partial charge in [-0.15, -0.1) is 0 Å². The minimum absolute atomic E-state index is 0.0157. The highest BCUT2D eigenvalue weighted by Gasteiger charge is 2.35. The van der Waals surface area contributed by atoms with Crippen molar-refractivity contribution in [1.82, 2.24) is 20.4 Å². The Kier molecular flexibility index (Phi) is 4.05. The number of nitrogens with one attached hydrogen (secondary N) is 2. The number of hydrogen-bond donors (Lipinski definition) is 2. The van der Waals surface area contributed by atoms with Crippen LogP contribution in [0.4, 0.5) is 18.0 Å². The normalized spacial score (nSPS) is 19.4. The number of aromatic amines is 1. The minimum Gasteiger partial charge on any atom is -0.447 e. The van der Waals surface area contributed by atoms with Crippen molar-refractivity contribution in [2.24, 2.45) is 0 Å². The molecule has 2 aliphatic rings. The molecule has 1 fully saturated rings. The summed E-state index contributed by atoms with van der Waals surface area (Å²) in [6.45, 7) is 0.693. The van der Waals surface area contributed by atoms with E-state index in [1.54, 1.807) is 4.90 Å².